The Balaban J connectivity index is 1.51. The molecule has 2 aliphatic carbocycles. The summed E-state index contributed by atoms with van der Waals surface area (Å²) in [6.45, 7) is 14.0. The largest absolute Gasteiger partial charge is 0.378 e. The van der Waals surface area contributed by atoms with Crippen molar-refractivity contribution in [1.82, 2.24) is 0 Å². The second kappa shape index (κ2) is 5.71. The number of fused-ring (bicyclic) bond motifs is 4. The first-order chi connectivity index (χ1) is 12.7. The van der Waals surface area contributed by atoms with Gasteiger partial charge in [0.1, 0.15) is 0 Å². The van der Waals surface area contributed by atoms with Gasteiger partial charge in [-0.15, -0.1) is 0 Å². The van der Waals surface area contributed by atoms with Gasteiger partial charge < -0.3 is 18.9 Å². The molecular weight excluding hydrogens is 340 g/mol. The fraction of sp³-hybridized carbons (Fsp3) is 1.00. The lowest BCUT2D eigenvalue weighted by molar-refractivity contribution is -0.358. The highest BCUT2D eigenvalue weighted by Crippen LogP contribution is 2.69. The lowest BCUT2D eigenvalue weighted by Gasteiger charge is -2.67. The van der Waals surface area contributed by atoms with Crippen LogP contribution in [0.25, 0.3) is 0 Å². The minimum absolute atomic E-state index is 0.00936. The van der Waals surface area contributed by atoms with Gasteiger partial charge in [0.25, 0.3) is 0 Å². The van der Waals surface area contributed by atoms with Crippen LogP contribution in [0.2, 0.25) is 0 Å². The van der Waals surface area contributed by atoms with E-state index >= 15 is 0 Å². The second-order valence-electron chi connectivity index (χ2n) is 11.3. The molecule has 27 heavy (non-hydrogen) atoms. The number of rotatable bonds is 0. The van der Waals surface area contributed by atoms with Crippen molar-refractivity contribution in [1.29, 1.82) is 0 Å². The third-order valence-electron chi connectivity index (χ3n) is 9.45. The van der Waals surface area contributed by atoms with Crippen LogP contribution in [-0.4, -0.2) is 42.9 Å². The van der Waals surface area contributed by atoms with Crippen molar-refractivity contribution in [2.45, 2.75) is 103 Å². The second-order valence-corrected chi connectivity index (χ2v) is 11.3. The van der Waals surface area contributed by atoms with Crippen LogP contribution in [-0.2, 0) is 18.9 Å². The van der Waals surface area contributed by atoms with E-state index in [9.17, 15) is 0 Å². The quantitative estimate of drug-likeness (QED) is 0.612. The third kappa shape index (κ3) is 2.42. The molecule has 3 aliphatic heterocycles. The maximum Gasteiger partial charge on any atom is 0.163 e. The Kier molecular flexibility index (Phi) is 3.99. The molecule has 5 aliphatic rings. The van der Waals surface area contributed by atoms with Crippen LogP contribution in [0.15, 0.2) is 0 Å². The first-order valence-corrected chi connectivity index (χ1v) is 11.2. The molecule has 4 nitrogen and oxygen atoms in total. The number of hydrogen-bond donors (Lipinski definition) is 0. The van der Waals surface area contributed by atoms with Gasteiger partial charge in [-0.3, -0.25) is 0 Å². The molecule has 2 spiro atoms. The minimum atomic E-state index is -0.452. The van der Waals surface area contributed by atoms with E-state index < -0.39 is 5.79 Å². The Bertz CT molecular complexity index is 611. The van der Waals surface area contributed by atoms with E-state index in [1.807, 2.05) is 0 Å². The standard InChI is InChI=1S/C23H38O4/c1-16-6-7-17-20(4)14-25-19(2,3)26-18(20)8-9-21(17,5)23(16)11-10-22(27-23)12-13-24-15-22/h16-18H,6-15H2,1-5H3/t16-,17+,18+,20+,21+,22+,23+/m1/s1. The summed E-state index contributed by atoms with van der Waals surface area (Å²) in [4.78, 5) is 0. The molecule has 154 valence electrons. The molecule has 0 radical (unpaired) electrons. The molecule has 7 atom stereocenters. The normalized spacial score (nSPS) is 57.0. The Hall–Kier alpha value is -0.160. The number of ether oxygens (including phenoxy) is 4. The van der Waals surface area contributed by atoms with Gasteiger partial charge in [-0.25, -0.2) is 0 Å². The van der Waals surface area contributed by atoms with E-state index in [4.69, 9.17) is 18.9 Å². The van der Waals surface area contributed by atoms with Crippen molar-refractivity contribution < 1.29 is 18.9 Å². The first kappa shape index (κ1) is 18.8. The molecule has 5 rings (SSSR count). The summed E-state index contributed by atoms with van der Waals surface area (Å²) in [7, 11) is 0. The first-order valence-electron chi connectivity index (χ1n) is 11.2. The third-order valence-corrected chi connectivity index (χ3v) is 9.45. The van der Waals surface area contributed by atoms with Gasteiger partial charge in [0, 0.05) is 23.9 Å². The van der Waals surface area contributed by atoms with E-state index in [0.29, 0.717) is 17.9 Å². The highest BCUT2D eigenvalue weighted by Gasteiger charge is 2.70. The predicted molar refractivity (Wildman–Crippen MR) is 103 cm³/mol. The monoisotopic (exact) mass is 378 g/mol. The lowest BCUT2D eigenvalue weighted by atomic mass is 9.43. The maximum absolute atomic E-state index is 7.18. The van der Waals surface area contributed by atoms with Crippen molar-refractivity contribution >= 4 is 0 Å². The Morgan fingerprint density at radius 1 is 0.852 bits per heavy atom. The van der Waals surface area contributed by atoms with Crippen molar-refractivity contribution in [2.75, 3.05) is 19.8 Å². The summed E-state index contributed by atoms with van der Waals surface area (Å²) in [5, 5.41) is 0. The van der Waals surface area contributed by atoms with Crippen LogP contribution in [0, 0.1) is 22.7 Å². The summed E-state index contributed by atoms with van der Waals surface area (Å²) >= 11 is 0. The van der Waals surface area contributed by atoms with Crippen LogP contribution >= 0.6 is 0 Å². The maximum atomic E-state index is 7.18. The highest BCUT2D eigenvalue weighted by atomic mass is 16.7. The van der Waals surface area contributed by atoms with Crippen LogP contribution in [0.3, 0.4) is 0 Å². The van der Waals surface area contributed by atoms with Gasteiger partial charge in [0.05, 0.1) is 30.5 Å². The Labute approximate surface area is 164 Å². The average Bonchev–Trinajstić information content (AvgIpc) is 3.23. The Morgan fingerprint density at radius 3 is 2.41 bits per heavy atom. The van der Waals surface area contributed by atoms with Crippen LogP contribution in [0.4, 0.5) is 0 Å². The van der Waals surface area contributed by atoms with Crippen molar-refractivity contribution in [3.8, 4) is 0 Å². The van der Waals surface area contributed by atoms with E-state index in [-0.39, 0.29) is 22.0 Å². The topological polar surface area (TPSA) is 36.9 Å². The summed E-state index contributed by atoms with van der Waals surface area (Å²) in [6, 6.07) is 0. The molecule has 0 amide bonds. The fourth-order valence-corrected chi connectivity index (χ4v) is 7.86. The van der Waals surface area contributed by atoms with Crippen molar-refractivity contribution in [2.24, 2.45) is 22.7 Å². The van der Waals surface area contributed by atoms with Gasteiger partial charge in [0.2, 0.25) is 0 Å². The van der Waals surface area contributed by atoms with Gasteiger partial charge in [-0.2, -0.15) is 0 Å². The van der Waals surface area contributed by atoms with E-state index in [1.54, 1.807) is 0 Å². The smallest absolute Gasteiger partial charge is 0.163 e. The van der Waals surface area contributed by atoms with E-state index in [0.717, 1.165) is 32.7 Å². The molecule has 3 heterocycles. The molecule has 5 fully saturated rings. The predicted octanol–water partition coefficient (Wildman–Crippen LogP) is 4.70. The number of hydrogen-bond acceptors (Lipinski definition) is 4. The average molecular weight is 379 g/mol. The molecular formula is C23H38O4. The lowest BCUT2D eigenvalue weighted by Crippen LogP contribution is -2.68. The van der Waals surface area contributed by atoms with Gasteiger partial charge in [-0.05, 0) is 64.2 Å². The molecule has 2 saturated carbocycles. The molecule has 0 aromatic heterocycles. The van der Waals surface area contributed by atoms with Gasteiger partial charge in [-0.1, -0.05) is 20.8 Å². The van der Waals surface area contributed by atoms with Crippen molar-refractivity contribution in [3.63, 3.8) is 0 Å². The summed E-state index contributed by atoms with van der Waals surface area (Å²) < 4.78 is 25.6. The molecule has 0 N–H and O–H groups in total. The zero-order valence-corrected chi connectivity index (χ0v) is 17.9. The molecule has 4 heteroatoms. The molecule has 0 bridgehead atoms. The highest BCUT2D eigenvalue weighted by molar-refractivity contribution is 5.18. The minimum Gasteiger partial charge on any atom is -0.378 e. The summed E-state index contributed by atoms with van der Waals surface area (Å²) in [5.41, 5.74) is 0.250. The summed E-state index contributed by atoms with van der Waals surface area (Å²) in [6.07, 6.45) is 8.58. The zero-order valence-electron chi connectivity index (χ0n) is 17.9. The van der Waals surface area contributed by atoms with Gasteiger partial charge >= 0.3 is 0 Å². The fourth-order valence-electron chi connectivity index (χ4n) is 7.86. The molecule has 0 aromatic carbocycles. The zero-order chi connectivity index (χ0) is 19.1. The van der Waals surface area contributed by atoms with Crippen molar-refractivity contribution in [3.05, 3.63) is 0 Å². The van der Waals surface area contributed by atoms with Crippen LogP contribution in [0.5, 0.6) is 0 Å². The van der Waals surface area contributed by atoms with Gasteiger partial charge in [0.15, 0.2) is 5.79 Å². The molecule has 0 unspecified atom stereocenters. The molecule has 0 aromatic rings. The SMILES string of the molecule is C[C@@H]1CC[C@H]2[C@]3(C)COC(C)(C)O[C@H]3CC[C@]2(C)[C@]12CC[C@@]1(CCOC1)O2. The summed E-state index contributed by atoms with van der Waals surface area (Å²) in [5.74, 6) is 0.751. The van der Waals surface area contributed by atoms with E-state index in [2.05, 4.69) is 34.6 Å². The van der Waals surface area contributed by atoms with Crippen LogP contribution < -0.4 is 0 Å². The Morgan fingerprint density at radius 2 is 1.67 bits per heavy atom. The van der Waals surface area contributed by atoms with E-state index in [1.165, 1.54) is 32.1 Å². The van der Waals surface area contributed by atoms with Crippen LogP contribution in [0.1, 0.15) is 79.6 Å². The molecule has 3 saturated heterocycles.